The Hall–Kier alpha value is -1.20. The van der Waals surface area contributed by atoms with E-state index in [0.717, 1.165) is 24.3 Å². The second kappa shape index (κ2) is 5.06. The zero-order valence-electron chi connectivity index (χ0n) is 11.1. The average Bonchev–Trinajstić information content (AvgIpc) is 2.73. The van der Waals surface area contributed by atoms with Gasteiger partial charge in [0.1, 0.15) is 6.04 Å². The molecule has 1 saturated heterocycles. The molecule has 1 amide bonds. The Bertz CT molecular complexity index is 505. The van der Waals surface area contributed by atoms with Gasteiger partial charge in [0.05, 0.1) is 0 Å². The van der Waals surface area contributed by atoms with Gasteiger partial charge in [0, 0.05) is 41.0 Å². The Morgan fingerprint density at radius 2 is 2.37 bits per heavy atom. The van der Waals surface area contributed by atoms with Gasteiger partial charge >= 0.3 is 0 Å². The predicted molar refractivity (Wildman–Crippen MR) is 80.8 cm³/mol. The Morgan fingerprint density at radius 1 is 1.53 bits per heavy atom. The fraction of sp³-hybridized carbons (Fsp3) is 0.500. The van der Waals surface area contributed by atoms with Crippen LogP contribution in [0.15, 0.2) is 18.2 Å². The minimum Gasteiger partial charge on any atom is -0.370 e. The number of nitrogens with one attached hydrogen (secondary N) is 1. The molecular formula is C14H19N3OS. The van der Waals surface area contributed by atoms with Crippen LogP contribution in [-0.4, -0.2) is 30.0 Å². The number of rotatable bonds is 2. The van der Waals surface area contributed by atoms with Gasteiger partial charge in [-0.15, -0.1) is 0 Å². The molecule has 2 unspecified atom stereocenters. The molecule has 2 atom stereocenters. The highest BCUT2D eigenvalue weighted by Gasteiger charge is 2.28. The molecule has 19 heavy (non-hydrogen) atoms. The molecule has 102 valence electrons. The van der Waals surface area contributed by atoms with Gasteiger partial charge in [-0.2, -0.15) is 11.8 Å². The largest absolute Gasteiger partial charge is 0.370 e. The molecular weight excluding hydrogens is 258 g/mol. The van der Waals surface area contributed by atoms with Crippen molar-refractivity contribution in [1.29, 1.82) is 0 Å². The van der Waals surface area contributed by atoms with Gasteiger partial charge in [-0.25, -0.2) is 0 Å². The summed E-state index contributed by atoms with van der Waals surface area (Å²) in [4.78, 5) is 14.0. The Morgan fingerprint density at radius 3 is 3.16 bits per heavy atom. The maximum absolute atomic E-state index is 11.6. The number of nitrogens with zero attached hydrogens (tertiary/aromatic N) is 1. The molecule has 1 aromatic rings. The number of hydrogen-bond donors (Lipinski definition) is 2. The molecule has 2 aliphatic heterocycles. The van der Waals surface area contributed by atoms with Crippen LogP contribution >= 0.6 is 11.8 Å². The zero-order valence-corrected chi connectivity index (χ0v) is 11.9. The van der Waals surface area contributed by atoms with Gasteiger partial charge in [0.15, 0.2) is 0 Å². The molecule has 0 saturated carbocycles. The Balaban J connectivity index is 1.83. The fourth-order valence-corrected chi connectivity index (χ4v) is 3.85. The van der Waals surface area contributed by atoms with Crippen LogP contribution in [0.2, 0.25) is 0 Å². The van der Waals surface area contributed by atoms with Gasteiger partial charge in [-0.1, -0.05) is 13.0 Å². The van der Waals surface area contributed by atoms with E-state index in [1.54, 1.807) is 0 Å². The van der Waals surface area contributed by atoms with E-state index in [1.807, 2.05) is 6.07 Å². The number of carbonyl (C=O) groups is 1. The lowest BCUT2D eigenvalue weighted by Crippen LogP contribution is -2.37. The standard InChI is InChI=1S/C14H19N3OS/c1-2-10-8-17(5-6-19-10)9-3-4-11-12(7-9)16-14(18)13(11)15/h3-4,7,10,13H,2,5-6,8,15H2,1H3,(H,16,18). The first-order chi connectivity index (χ1) is 9.19. The number of fused-ring (bicyclic) bond motifs is 1. The van der Waals surface area contributed by atoms with E-state index in [9.17, 15) is 4.79 Å². The lowest BCUT2D eigenvalue weighted by molar-refractivity contribution is -0.116. The van der Waals surface area contributed by atoms with E-state index in [-0.39, 0.29) is 5.91 Å². The fourth-order valence-electron chi connectivity index (χ4n) is 2.67. The molecule has 0 spiro atoms. The van der Waals surface area contributed by atoms with Crippen molar-refractivity contribution in [3.8, 4) is 0 Å². The van der Waals surface area contributed by atoms with Crippen LogP contribution < -0.4 is 16.0 Å². The quantitative estimate of drug-likeness (QED) is 0.868. The molecule has 0 radical (unpaired) electrons. The monoisotopic (exact) mass is 277 g/mol. The highest BCUT2D eigenvalue weighted by molar-refractivity contribution is 8.00. The van der Waals surface area contributed by atoms with Crippen LogP contribution in [0.1, 0.15) is 24.9 Å². The molecule has 3 rings (SSSR count). The van der Waals surface area contributed by atoms with Crippen LogP contribution in [0.5, 0.6) is 0 Å². The third-order valence-electron chi connectivity index (χ3n) is 3.87. The van der Waals surface area contributed by atoms with Crippen LogP contribution in [0.3, 0.4) is 0 Å². The summed E-state index contributed by atoms with van der Waals surface area (Å²) in [6.45, 7) is 4.39. The summed E-state index contributed by atoms with van der Waals surface area (Å²) in [5.41, 5.74) is 8.81. The van der Waals surface area contributed by atoms with Crippen molar-refractivity contribution < 1.29 is 4.79 Å². The first-order valence-corrected chi connectivity index (χ1v) is 7.81. The molecule has 2 aliphatic rings. The molecule has 1 fully saturated rings. The van der Waals surface area contributed by atoms with Gasteiger partial charge in [0.2, 0.25) is 5.91 Å². The summed E-state index contributed by atoms with van der Waals surface area (Å²) in [6.07, 6.45) is 1.20. The maximum Gasteiger partial charge on any atom is 0.245 e. The SMILES string of the molecule is CCC1CN(c2ccc3c(c2)NC(=O)C3N)CCS1. The van der Waals surface area contributed by atoms with Gasteiger partial charge in [0.25, 0.3) is 0 Å². The summed E-state index contributed by atoms with van der Waals surface area (Å²) < 4.78 is 0. The molecule has 1 aromatic carbocycles. The van der Waals surface area contributed by atoms with Crippen molar-refractivity contribution >= 4 is 29.0 Å². The topological polar surface area (TPSA) is 58.4 Å². The molecule has 0 bridgehead atoms. The number of carbonyl (C=O) groups excluding carboxylic acids is 1. The van der Waals surface area contributed by atoms with Crippen LogP contribution in [-0.2, 0) is 4.79 Å². The zero-order chi connectivity index (χ0) is 13.4. The molecule has 0 aromatic heterocycles. The molecule has 2 heterocycles. The van der Waals surface area contributed by atoms with Gasteiger partial charge in [-0.3, -0.25) is 4.79 Å². The third-order valence-corrected chi connectivity index (χ3v) is 5.24. The van der Waals surface area contributed by atoms with Crippen molar-refractivity contribution in [2.45, 2.75) is 24.6 Å². The summed E-state index contributed by atoms with van der Waals surface area (Å²) in [7, 11) is 0. The second-order valence-electron chi connectivity index (χ2n) is 5.09. The summed E-state index contributed by atoms with van der Waals surface area (Å²) in [5, 5.41) is 3.56. The first-order valence-electron chi connectivity index (χ1n) is 6.76. The van der Waals surface area contributed by atoms with Crippen LogP contribution in [0.25, 0.3) is 0 Å². The van der Waals surface area contributed by atoms with E-state index in [1.165, 1.54) is 17.9 Å². The van der Waals surface area contributed by atoms with E-state index >= 15 is 0 Å². The highest BCUT2D eigenvalue weighted by Crippen LogP contribution is 2.34. The first kappa shape index (κ1) is 12.8. The predicted octanol–water partition coefficient (Wildman–Crippen LogP) is 1.97. The normalized spacial score (nSPS) is 26.2. The van der Waals surface area contributed by atoms with Crippen molar-refractivity contribution in [3.63, 3.8) is 0 Å². The van der Waals surface area contributed by atoms with Crippen molar-refractivity contribution in [1.82, 2.24) is 0 Å². The van der Waals surface area contributed by atoms with Crippen LogP contribution in [0, 0.1) is 0 Å². The smallest absolute Gasteiger partial charge is 0.245 e. The second-order valence-corrected chi connectivity index (χ2v) is 6.49. The third kappa shape index (κ3) is 2.32. The number of amides is 1. The van der Waals surface area contributed by atoms with Gasteiger partial charge in [-0.05, 0) is 18.6 Å². The minimum absolute atomic E-state index is 0.104. The molecule has 5 heteroatoms. The van der Waals surface area contributed by atoms with Crippen molar-refractivity contribution in [2.75, 3.05) is 29.1 Å². The summed E-state index contributed by atoms with van der Waals surface area (Å²) in [5.74, 6) is 1.06. The number of benzene rings is 1. The van der Waals surface area contributed by atoms with Crippen LogP contribution in [0.4, 0.5) is 11.4 Å². The molecule has 4 nitrogen and oxygen atoms in total. The number of thioether (sulfide) groups is 1. The highest BCUT2D eigenvalue weighted by atomic mass is 32.2. The van der Waals surface area contributed by atoms with E-state index in [0.29, 0.717) is 5.25 Å². The van der Waals surface area contributed by atoms with Gasteiger partial charge < -0.3 is 16.0 Å². The number of nitrogens with two attached hydrogens (primary N) is 1. The number of hydrogen-bond acceptors (Lipinski definition) is 4. The Labute approximate surface area is 117 Å². The van der Waals surface area contributed by atoms with Crippen molar-refractivity contribution in [3.05, 3.63) is 23.8 Å². The lowest BCUT2D eigenvalue weighted by atomic mass is 10.1. The lowest BCUT2D eigenvalue weighted by Gasteiger charge is -2.33. The molecule has 3 N–H and O–H groups in total. The Kier molecular flexibility index (Phi) is 3.41. The minimum atomic E-state index is -0.510. The maximum atomic E-state index is 11.6. The van der Waals surface area contributed by atoms with E-state index < -0.39 is 6.04 Å². The summed E-state index contributed by atoms with van der Waals surface area (Å²) in [6, 6.07) is 5.62. The average molecular weight is 277 g/mol. The van der Waals surface area contributed by atoms with Crippen molar-refractivity contribution in [2.24, 2.45) is 5.73 Å². The van der Waals surface area contributed by atoms with E-state index in [2.05, 4.69) is 41.0 Å². The number of anilines is 2. The summed E-state index contributed by atoms with van der Waals surface area (Å²) >= 11 is 2.06. The molecule has 0 aliphatic carbocycles. The van der Waals surface area contributed by atoms with E-state index in [4.69, 9.17) is 5.73 Å².